The lowest BCUT2D eigenvalue weighted by Gasteiger charge is -2.18. The quantitative estimate of drug-likeness (QED) is 0.834. The molecule has 0 radical (unpaired) electrons. The highest BCUT2D eigenvalue weighted by molar-refractivity contribution is 9.10. The van der Waals surface area contributed by atoms with E-state index in [1.54, 1.807) is 24.1 Å². The zero-order valence-corrected chi connectivity index (χ0v) is 13.0. The van der Waals surface area contributed by atoms with Crippen LogP contribution >= 0.6 is 15.9 Å². The van der Waals surface area contributed by atoms with Crippen molar-refractivity contribution in [2.45, 2.75) is 20.0 Å². The highest BCUT2D eigenvalue weighted by Crippen LogP contribution is 2.17. The first kappa shape index (κ1) is 14.8. The number of carbonyl (C=O) groups is 1. The summed E-state index contributed by atoms with van der Waals surface area (Å²) in [4.78, 5) is 14.0. The first-order valence-corrected chi connectivity index (χ1v) is 7.16. The van der Waals surface area contributed by atoms with Gasteiger partial charge in [0.05, 0.1) is 0 Å². The largest absolute Gasteiger partial charge is 0.343 e. The molecule has 106 valence electrons. The van der Waals surface area contributed by atoms with Crippen LogP contribution in [0.4, 0.5) is 4.39 Å². The van der Waals surface area contributed by atoms with Gasteiger partial charge in [0.1, 0.15) is 11.5 Å². The molecule has 2 rings (SSSR count). The maximum absolute atomic E-state index is 13.1. The fraction of sp³-hybridized carbons (Fsp3) is 0.267. The van der Waals surface area contributed by atoms with Gasteiger partial charge in [0.15, 0.2) is 0 Å². The van der Waals surface area contributed by atoms with E-state index in [2.05, 4.69) is 15.9 Å². The highest BCUT2D eigenvalue weighted by Gasteiger charge is 2.17. The van der Waals surface area contributed by atoms with E-state index in [0.717, 1.165) is 16.6 Å². The Hall–Kier alpha value is -1.62. The summed E-state index contributed by atoms with van der Waals surface area (Å²) < 4.78 is 15.9. The third kappa shape index (κ3) is 3.28. The summed E-state index contributed by atoms with van der Waals surface area (Å²) in [5.74, 6) is -0.371. The Labute approximate surface area is 126 Å². The minimum absolute atomic E-state index is 0.0817. The topological polar surface area (TPSA) is 25.2 Å². The Balaban J connectivity index is 2.16. The van der Waals surface area contributed by atoms with Crippen molar-refractivity contribution in [2.24, 2.45) is 0 Å². The lowest BCUT2D eigenvalue weighted by atomic mass is 10.2. The number of rotatable bonds is 4. The van der Waals surface area contributed by atoms with E-state index in [1.807, 2.05) is 23.8 Å². The van der Waals surface area contributed by atoms with E-state index in [0.29, 0.717) is 12.2 Å². The van der Waals surface area contributed by atoms with E-state index >= 15 is 0 Å². The van der Waals surface area contributed by atoms with E-state index in [-0.39, 0.29) is 11.7 Å². The molecule has 1 aromatic carbocycles. The molecule has 0 aliphatic heterocycles. The fourth-order valence-electron chi connectivity index (χ4n) is 2.09. The number of halogens is 2. The number of hydrogen-bond donors (Lipinski definition) is 0. The van der Waals surface area contributed by atoms with Gasteiger partial charge in [-0.25, -0.2) is 4.39 Å². The summed E-state index contributed by atoms with van der Waals surface area (Å²) in [5.41, 5.74) is 1.40. The van der Waals surface area contributed by atoms with Crippen LogP contribution in [0.15, 0.2) is 41.0 Å². The molecule has 0 saturated carbocycles. The zero-order valence-electron chi connectivity index (χ0n) is 11.4. The van der Waals surface area contributed by atoms with Gasteiger partial charge in [0.25, 0.3) is 5.91 Å². The molecule has 2 aromatic rings. The molecule has 0 fully saturated rings. The van der Waals surface area contributed by atoms with Crippen LogP contribution in [0, 0.1) is 5.82 Å². The van der Waals surface area contributed by atoms with Gasteiger partial charge in [-0.15, -0.1) is 0 Å². The Bertz CT molecular complexity index is 624. The van der Waals surface area contributed by atoms with Crippen molar-refractivity contribution < 1.29 is 9.18 Å². The second kappa shape index (κ2) is 6.22. The highest BCUT2D eigenvalue weighted by atomic mass is 79.9. The number of nitrogens with zero attached hydrogens (tertiary/aromatic N) is 2. The average molecular weight is 339 g/mol. The van der Waals surface area contributed by atoms with Crippen LogP contribution in [0.25, 0.3) is 0 Å². The predicted molar refractivity (Wildman–Crippen MR) is 80.0 cm³/mol. The molecule has 0 aliphatic rings. The number of benzene rings is 1. The van der Waals surface area contributed by atoms with E-state index in [1.165, 1.54) is 12.1 Å². The molecule has 0 aliphatic carbocycles. The van der Waals surface area contributed by atoms with Gasteiger partial charge < -0.3 is 9.47 Å². The zero-order chi connectivity index (χ0) is 14.7. The number of hydrogen-bond acceptors (Lipinski definition) is 1. The standard InChI is InChI=1S/C15H16BrFN2O/c1-3-19-10-12(16)8-14(19)15(20)18(2)9-11-5-4-6-13(17)7-11/h4-8,10H,3,9H2,1-2H3. The van der Waals surface area contributed by atoms with Crippen molar-refractivity contribution in [3.05, 3.63) is 58.1 Å². The van der Waals surface area contributed by atoms with Crippen LogP contribution < -0.4 is 0 Å². The second-order valence-electron chi connectivity index (χ2n) is 4.62. The monoisotopic (exact) mass is 338 g/mol. The van der Waals surface area contributed by atoms with Crippen LogP contribution in [-0.2, 0) is 13.1 Å². The Morgan fingerprint density at radius 2 is 2.15 bits per heavy atom. The minimum Gasteiger partial charge on any atom is -0.343 e. The molecule has 3 nitrogen and oxygen atoms in total. The molecule has 0 saturated heterocycles. The predicted octanol–water partition coefficient (Wildman–Crippen LogP) is 3.68. The third-order valence-corrected chi connectivity index (χ3v) is 3.51. The lowest BCUT2D eigenvalue weighted by molar-refractivity contribution is 0.0774. The molecule has 1 aromatic heterocycles. The van der Waals surface area contributed by atoms with Crippen molar-refractivity contribution in [1.82, 2.24) is 9.47 Å². The average Bonchev–Trinajstić information content (AvgIpc) is 2.79. The lowest BCUT2D eigenvalue weighted by Crippen LogP contribution is -2.28. The summed E-state index contributed by atoms with van der Waals surface area (Å²) in [6.07, 6.45) is 1.88. The van der Waals surface area contributed by atoms with Crippen molar-refractivity contribution in [2.75, 3.05) is 7.05 Å². The van der Waals surface area contributed by atoms with Gasteiger partial charge in [0.2, 0.25) is 0 Å². The van der Waals surface area contributed by atoms with Gasteiger partial charge in [-0.05, 0) is 46.6 Å². The van der Waals surface area contributed by atoms with Crippen molar-refractivity contribution in [3.8, 4) is 0 Å². The van der Waals surface area contributed by atoms with Gasteiger partial charge >= 0.3 is 0 Å². The molecular weight excluding hydrogens is 323 g/mol. The molecular formula is C15H16BrFN2O. The third-order valence-electron chi connectivity index (χ3n) is 3.08. The maximum atomic E-state index is 13.1. The maximum Gasteiger partial charge on any atom is 0.270 e. The molecule has 1 heterocycles. The first-order valence-electron chi connectivity index (χ1n) is 6.37. The van der Waals surface area contributed by atoms with Crippen LogP contribution in [0.2, 0.25) is 0 Å². The molecule has 5 heteroatoms. The normalized spacial score (nSPS) is 10.6. The Morgan fingerprint density at radius 1 is 1.40 bits per heavy atom. The number of carbonyl (C=O) groups excluding carboxylic acids is 1. The summed E-state index contributed by atoms with van der Waals surface area (Å²) in [5, 5.41) is 0. The summed E-state index contributed by atoms with van der Waals surface area (Å²) in [6, 6.07) is 8.09. The number of amides is 1. The summed E-state index contributed by atoms with van der Waals surface area (Å²) in [6.45, 7) is 3.08. The van der Waals surface area contributed by atoms with Gasteiger partial charge in [-0.2, -0.15) is 0 Å². The van der Waals surface area contributed by atoms with Crippen molar-refractivity contribution in [3.63, 3.8) is 0 Å². The van der Waals surface area contributed by atoms with Crippen LogP contribution in [0.5, 0.6) is 0 Å². The van der Waals surface area contributed by atoms with Gasteiger partial charge in [-0.1, -0.05) is 12.1 Å². The first-order chi connectivity index (χ1) is 9.51. The fourth-order valence-corrected chi connectivity index (χ4v) is 2.56. The Kier molecular flexibility index (Phi) is 4.60. The van der Waals surface area contributed by atoms with Crippen LogP contribution in [-0.4, -0.2) is 22.4 Å². The summed E-state index contributed by atoms with van der Waals surface area (Å²) >= 11 is 3.38. The van der Waals surface area contributed by atoms with Gasteiger partial charge in [0, 0.05) is 30.8 Å². The smallest absolute Gasteiger partial charge is 0.270 e. The van der Waals surface area contributed by atoms with E-state index in [9.17, 15) is 9.18 Å². The molecule has 0 spiro atoms. The van der Waals surface area contributed by atoms with E-state index < -0.39 is 0 Å². The van der Waals surface area contributed by atoms with Crippen LogP contribution in [0.3, 0.4) is 0 Å². The van der Waals surface area contributed by atoms with Gasteiger partial charge in [-0.3, -0.25) is 4.79 Å². The second-order valence-corrected chi connectivity index (χ2v) is 5.54. The molecule has 0 bridgehead atoms. The van der Waals surface area contributed by atoms with Crippen molar-refractivity contribution >= 4 is 21.8 Å². The van der Waals surface area contributed by atoms with Crippen molar-refractivity contribution in [1.29, 1.82) is 0 Å². The molecule has 0 unspecified atom stereocenters. The SMILES string of the molecule is CCn1cc(Br)cc1C(=O)N(C)Cc1cccc(F)c1. The molecule has 20 heavy (non-hydrogen) atoms. The molecule has 0 N–H and O–H groups in total. The molecule has 0 atom stereocenters. The number of aryl methyl sites for hydroxylation is 1. The Morgan fingerprint density at radius 3 is 2.80 bits per heavy atom. The van der Waals surface area contributed by atoms with Crippen LogP contribution in [0.1, 0.15) is 23.0 Å². The minimum atomic E-state index is -0.289. The number of aromatic nitrogens is 1. The summed E-state index contributed by atoms with van der Waals surface area (Å²) in [7, 11) is 1.72. The molecule has 1 amide bonds. The van der Waals surface area contributed by atoms with E-state index in [4.69, 9.17) is 0 Å².